The maximum atomic E-state index is 12.4. The molecule has 1 aliphatic heterocycles. The summed E-state index contributed by atoms with van der Waals surface area (Å²) in [7, 11) is 1.47. The van der Waals surface area contributed by atoms with Crippen LogP contribution in [0.2, 0.25) is 0 Å². The number of carbonyl (C=O) groups is 4. The fourth-order valence-corrected chi connectivity index (χ4v) is 2.83. The predicted octanol–water partition coefficient (Wildman–Crippen LogP) is 1.09. The van der Waals surface area contributed by atoms with Crippen LogP contribution in [0.25, 0.3) is 0 Å². The Labute approximate surface area is 174 Å². The average Bonchev–Trinajstić information content (AvgIpc) is 3.56. The van der Waals surface area contributed by atoms with Gasteiger partial charge >= 0.3 is 5.97 Å². The lowest BCUT2D eigenvalue weighted by Gasteiger charge is -2.16. The molecule has 9 nitrogen and oxygen atoms in total. The topological polar surface area (TPSA) is 111 Å². The number of nitrogens with zero attached hydrogens (tertiary/aromatic N) is 1. The first-order valence-corrected chi connectivity index (χ1v) is 10.0. The SMILES string of the molecule is CN(CC(=O)NC1CC1)C(=O)COC(=O)CCC(=O)c1ccc2c(c1)OCCCO2. The zero-order valence-electron chi connectivity index (χ0n) is 17.0. The number of fused-ring (bicyclic) bond motifs is 1. The lowest BCUT2D eigenvalue weighted by Crippen LogP contribution is -2.40. The number of esters is 1. The van der Waals surface area contributed by atoms with Gasteiger partial charge in [0.15, 0.2) is 23.9 Å². The van der Waals surface area contributed by atoms with Crippen LogP contribution in [0.15, 0.2) is 18.2 Å². The third-order valence-electron chi connectivity index (χ3n) is 4.73. The van der Waals surface area contributed by atoms with Gasteiger partial charge in [0.2, 0.25) is 5.91 Å². The molecule has 162 valence electrons. The second-order valence-electron chi connectivity index (χ2n) is 7.39. The van der Waals surface area contributed by atoms with E-state index in [0.717, 1.165) is 19.3 Å². The van der Waals surface area contributed by atoms with E-state index in [0.29, 0.717) is 30.3 Å². The highest BCUT2D eigenvalue weighted by molar-refractivity contribution is 5.98. The number of benzene rings is 1. The second-order valence-corrected chi connectivity index (χ2v) is 7.39. The van der Waals surface area contributed by atoms with Crippen molar-refractivity contribution in [2.75, 3.05) is 33.4 Å². The number of hydrogen-bond acceptors (Lipinski definition) is 7. The lowest BCUT2D eigenvalue weighted by atomic mass is 10.1. The van der Waals surface area contributed by atoms with E-state index < -0.39 is 18.5 Å². The van der Waals surface area contributed by atoms with Crippen molar-refractivity contribution in [2.45, 2.75) is 38.1 Å². The zero-order valence-corrected chi connectivity index (χ0v) is 17.0. The van der Waals surface area contributed by atoms with Crippen molar-refractivity contribution in [3.05, 3.63) is 23.8 Å². The molecule has 9 heteroatoms. The van der Waals surface area contributed by atoms with Crippen LogP contribution in [0.1, 0.15) is 42.5 Å². The monoisotopic (exact) mass is 418 g/mol. The van der Waals surface area contributed by atoms with Gasteiger partial charge < -0.3 is 24.4 Å². The molecular formula is C21H26N2O7. The van der Waals surface area contributed by atoms with E-state index in [9.17, 15) is 19.2 Å². The van der Waals surface area contributed by atoms with E-state index in [4.69, 9.17) is 14.2 Å². The van der Waals surface area contributed by atoms with Crippen LogP contribution in [-0.4, -0.2) is 67.9 Å². The summed E-state index contributed by atoms with van der Waals surface area (Å²) in [4.78, 5) is 49.1. The fourth-order valence-electron chi connectivity index (χ4n) is 2.83. The smallest absolute Gasteiger partial charge is 0.306 e. The minimum absolute atomic E-state index is 0.0493. The van der Waals surface area contributed by atoms with Gasteiger partial charge in [-0.3, -0.25) is 19.2 Å². The van der Waals surface area contributed by atoms with Crippen molar-refractivity contribution in [1.29, 1.82) is 0 Å². The molecule has 1 N–H and O–H groups in total. The number of ether oxygens (including phenoxy) is 3. The Bertz CT molecular complexity index is 820. The third-order valence-corrected chi connectivity index (χ3v) is 4.73. The summed E-state index contributed by atoms with van der Waals surface area (Å²) >= 11 is 0. The molecule has 1 heterocycles. The molecule has 1 saturated carbocycles. The Balaban J connectivity index is 1.38. The molecule has 2 amide bonds. The van der Waals surface area contributed by atoms with Crippen LogP contribution in [0.4, 0.5) is 0 Å². The van der Waals surface area contributed by atoms with Gasteiger partial charge in [-0.15, -0.1) is 0 Å². The summed E-state index contributed by atoms with van der Waals surface area (Å²) in [5.41, 5.74) is 0.421. The summed E-state index contributed by atoms with van der Waals surface area (Å²) in [6.45, 7) is 0.520. The number of Topliss-reactive ketones (excluding diaryl/α,β-unsaturated/α-hetero) is 1. The van der Waals surface area contributed by atoms with Crippen molar-refractivity contribution in [3.63, 3.8) is 0 Å². The number of hydrogen-bond donors (Lipinski definition) is 1. The Morgan fingerprint density at radius 2 is 1.83 bits per heavy atom. The number of amides is 2. The van der Waals surface area contributed by atoms with Gasteiger partial charge in [-0.2, -0.15) is 0 Å². The molecule has 0 bridgehead atoms. The minimum Gasteiger partial charge on any atom is -0.490 e. The van der Waals surface area contributed by atoms with Gasteiger partial charge in [-0.05, 0) is 31.0 Å². The number of likely N-dealkylation sites (N-methyl/N-ethyl adjacent to an activating group) is 1. The molecule has 2 aliphatic rings. The highest BCUT2D eigenvalue weighted by Gasteiger charge is 2.24. The van der Waals surface area contributed by atoms with Gasteiger partial charge in [0.25, 0.3) is 5.91 Å². The molecule has 0 unspecified atom stereocenters. The van der Waals surface area contributed by atoms with Gasteiger partial charge in [-0.25, -0.2) is 0 Å². The Kier molecular flexibility index (Phi) is 7.26. The van der Waals surface area contributed by atoms with Crippen LogP contribution >= 0.6 is 0 Å². The highest BCUT2D eigenvalue weighted by atomic mass is 16.5. The van der Waals surface area contributed by atoms with E-state index in [1.54, 1.807) is 18.2 Å². The molecular weight excluding hydrogens is 392 g/mol. The summed E-state index contributed by atoms with van der Waals surface area (Å²) < 4.78 is 16.0. The zero-order chi connectivity index (χ0) is 21.5. The lowest BCUT2D eigenvalue weighted by molar-refractivity contribution is -0.151. The van der Waals surface area contributed by atoms with E-state index >= 15 is 0 Å². The van der Waals surface area contributed by atoms with Crippen molar-refractivity contribution in [3.8, 4) is 11.5 Å². The first kappa shape index (κ1) is 21.6. The largest absolute Gasteiger partial charge is 0.490 e. The number of ketones is 1. The summed E-state index contributed by atoms with van der Waals surface area (Å²) in [6.07, 6.45) is 2.50. The third kappa shape index (κ3) is 6.47. The normalized spacial score (nSPS) is 15.0. The average molecular weight is 418 g/mol. The Morgan fingerprint density at radius 1 is 1.10 bits per heavy atom. The van der Waals surface area contributed by atoms with Crippen LogP contribution in [-0.2, 0) is 19.1 Å². The number of nitrogens with one attached hydrogen (secondary N) is 1. The molecule has 0 saturated heterocycles. The molecule has 1 fully saturated rings. The van der Waals surface area contributed by atoms with Crippen molar-refractivity contribution in [1.82, 2.24) is 10.2 Å². The first-order valence-electron chi connectivity index (χ1n) is 10.0. The molecule has 3 rings (SSSR count). The van der Waals surface area contributed by atoms with Crippen LogP contribution in [0, 0.1) is 0 Å². The van der Waals surface area contributed by atoms with E-state index in [1.165, 1.54) is 11.9 Å². The maximum absolute atomic E-state index is 12.4. The number of carbonyl (C=O) groups excluding carboxylic acids is 4. The van der Waals surface area contributed by atoms with Crippen LogP contribution < -0.4 is 14.8 Å². The van der Waals surface area contributed by atoms with Gasteiger partial charge in [0.1, 0.15) is 0 Å². The van der Waals surface area contributed by atoms with E-state index in [-0.39, 0.29) is 37.1 Å². The van der Waals surface area contributed by atoms with Gasteiger partial charge in [0.05, 0.1) is 26.2 Å². The molecule has 1 aromatic carbocycles. The van der Waals surface area contributed by atoms with Crippen molar-refractivity contribution < 1.29 is 33.4 Å². The van der Waals surface area contributed by atoms with Gasteiger partial charge in [0, 0.05) is 31.5 Å². The molecule has 1 aliphatic carbocycles. The molecule has 0 atom stereocenters. The molecule has 30 heavy (non-hydrogen) atoms. The van der Waals surface area contributed by atoms with E-state index in [2.05, 4.69) is 5.32 Å². The fraction of sp³-hybridized carbons (Fsp3) is 0.524. The quantitative estimate of drug-likeness (QED) is 0.472. The first-order chi connectivity index (χ1) is 14.4. The number of rotatable bonds is 9. The summed E-state index contributed by atoms with van der Waals surface area (Å²) in [5.74, 6) is -0.495. The molecule has 1 aromatic rings. The second kappa shape index (κ2) is 10.1. The Morgan fingerprint density at radius 3 is 2.57 bits per heavy atom. The standard InChI is InChI=1S/C21H26N2O7/c1-23(12-19(25)22-15-4-5-15)20(26)13-30-21(27)8-6-16(24)14-3-7-17-18(11-14)29-10-2-9-28-17/h3,7,11,15H,2,4-6,8-10,12-13H2,1H3,(H,22,25). The van der Waals surface area contributed by atoms with Crippen LogP contribution in [0.5, 0.6) is 11.5 Å². The Hall–Kier alpha value is -3.10. The molecule has 0 aromatic heterocycles. The molecule has 0 spiro atoms. The summed E-state index contributed by atoms with van der Waals surface area (Å²) in [6, 6.07) is 5.14. The van der Waals surface area contributed by atoms with E-state index in [1.807, 2.05) is 0 Å². The highest BCUT2D eigenvalue weighted by Crippen LogP contribution is 2.30. The molecule has 0 radical (unpaired) electrons. The summed E-state index contributed by atoms with van der Waals surface area (Å²) in [5, 5.41) is 2.78. The van der Waals surface area contributed by atoms with Crippen molar-refractivity contribution in [2.24, 2.45) is 0 Å². The minimum atomic E-state index is -0.651. The maximum Gasteiger partial charge on any atom is 0.306 e. The van der Waals surface area contributed by atoms with Crippen molar-refractivity contribution >= 4 is 23.6 Å². The van der Waals surface area contributed by atoms with Gasteiger partial charge in [-0.1, -0.05) is 0 Å². The predicted molar refractivity (Wildman–Crippen MR) is 105 cm³/mol. The van der Waals surface area contributed by atoms with Crippen LogP contribution in [0.3, 0.4) is 0 Å².